The first-order valence-corrected chi connectivity index (χ1v) is 11.3. The minimum atomic E-state index is -0.612. The molecule has 0 saturated carbocycles. The summed E-state index contributed by atoms with van der Waals surface area (Å²) < 4.78 is 0. The zero-order valence-corrected chi connectivity index (χ0v) is 19.5. The first-order valence-electron chi connectivity index (χ1n) is 11.0. The van der Waals surface area contributed by atoms with Gasteiger partial charge in [0.15, 0.2) is 0 Å². The summed E-state index contributed by atoms with van der Waals surface area (Å²) in [4.78, 5) is 43.9. The minimum Gasteiger partial charge on any atom is -0.326 e. The average molecular weight is 467 g/mol. The first-order chi connectivity index (χ1) is 15.9. The predicted molar refractivity (Wildman–Crippen MR) is 132 cm³/mol. The fourth-order valence-electron chi connectivity index (χ4n) is 3.28. The van der Waals surface area contributed by atoms with E-state index in [0.29, 0.717) is 33.5 Å². The van der Waals surface area contributed by atoms with Crippen molar-refractivity contribution in [1.82, 2.24) is 9.97 Å². The van der Waals surface area contributed by atoms with Crippen LogP contribution in [0.1, 0.15) is 44.6 Å². The van der Waals surface area contributed by atoms with Gasteiger partial charge in [-0.1, -0.05) is 49.9 Å². The molecule has 0 aliphatic rings. The summed E-state index contributed by atoms with van der Waals surface area (Å²) in [5.41, 5.74) is 2.67. The van der Waals surface area contributed by atoms with Gasteiger partial charge in [-0.15, -0.1) is 0 Å². The Morgan fingerprint density at radius 2 is 1.64 bits per heavy atom. The number of ketones is 1. The molecular formula is C25H27ClN4O3. The van der Waals surface area contributed by atoms with E-state index in [1.165, 1.54) is 0 Å². The fourth-order valence-corrected chi connectivity index (χ4v) is 3.41. The Labute approximate surface area is 197 Å². The number of carbonyl (C=O) groups is 2. The third-order valence-corrected chi connectivity index (χ3v) is 5.44. The van der Waals surface area contributed by atoms with Crippen LogP contribution < -0.4 is 16.2 Å². The predicted octanol–water partition coefficient (Wildman–Crippen LogP) is 5.62. The maximum absolute atomic E-state index is 12.4. The second-order valence-corrected chi connectivity index (χ2v) is 8.22. The van der Waals surface area contributed by atoms with Crippen LogP contribution in [0.3, 0.4) is 0 Å². The molecule has 7 nitrogen and oxygen atoms in total. The lowest BCUT2D eigenvalue weighted by atomic mass is 10.1. The van der Waals surface area contributed by atoms with Crippen LogP contribution in [-0.2, 0) is 9.59 Å². The Hall–Kier alpha value is -3.45. The number of amides is 1. The molecule has 172 valence electrons. The number of Topliss-reactive ketones (excluding diaryl/α,β-unsaturated/α-hetero) is 1. The zero-order chi connectivity index (χ0) is 23.8. The van der Waals surface area contributed by atoms with Gasteiger partial charge in [0.05, 0.1) is 5.69 Å². The second-order valence-electron chi connectivity index (χ2n) is 7.79. The van der Waals surface area contributed by atoms with E-state index < -0.39 is 11.7 Å². The molecule has 2 aromatic carbocycles. The van der Waals surface area contributed by atoms with Gasteiger partial charge in [0, 0.05) is 33.9 Å². The van der Waals surface area contributed by atoms with Crippen LogP contribution in [0.4, 0.5) is 17.3 Å². The molecule has 0 fully saturated rings. The molecule has 0 saturated heterocycles. The number of aromatic amines is 1. The van der Waals surface area contributed by atoms with Crippen molar-refractivity contribution in [3.05, 3.63) is 69.5 Å². The first kappa shape index (κ1) is 24.2. The number of carbonyl (C=O) groups excluding carboxylic acids is 2. The molecule has 0 unspecified atom stereocenters. The molecule has 0 spiro atoms. The van der Waals surface area contributed by atoms with Crippen LogP contribution in [0.2, 0.25) is 5.02 Å². The van der Waals surface area contributed by atoms with Gasteiger partial charge >= 0.3 is 0 Å². The number of anilines is 3. The molecule has 1 amide bonds. The summed E-state index contributed by atoms with van der Waals surface area (Å²) in [6.07, 6.45) is 4.06. The highest BCUT2D eigenvalue weighted by molar-refractivity contribution is 6.40. The third-order valence-electron chi connectivity index (χ3n) is 5.19. The molecule has 3 aromatic rings. The summed E-state index contributed by atoms with van der Waals surface area (Å²) in [7, 11) is 0. The maximum atomic E-state index is 12.4. The fraction of sp³-hybridized carbons (Fsp3) is 0.280. The van der Waals surface area contributed by atoms with E-state index in [1.807, 2.05) is 0 Å². The van der Waals surface area contributed by atoms with Crippen LogP contribution in [0, 0.1) is 6.92 Å². The van der Waals surface area contributed by atoms with Crippen LogP contribution in [0.15, 0.2) is 53.3 Å². The van der Waals surface area contributed by atoms with E-state index in [4.69, 9.17) is 11.6 Å². The summed E-state index contributed by atoms with van der Waals surface area (Å²) in [6.45, 7) is 3.79. The standard InChI is InChI=1S/C25H27ClN4O3/c1-3-4-5-6-7-21(31)24(33)27-19-12-8-17(9-13-19)22-16(2)23(32)30-25(29-22)28-20-14-10-18(26)11-15-20/h8-15H,3-7H2,1-2H3,(H,27,33)(H2,28,29,30,32). The molecule has 3 rings (SSSR count). The van der Waals surface area contributed by atoms with Crippen molar-refractivity contribution in [2.24, 2.45) is 0 Å². The number of nitrogens with zero attached hydrogens (tertiary/aromatic N) is 1. The Morgan fingerprint density at radius 3 is 2.30 bits per heavy atom. The van der Waals surface area contributed by atoms with Crippen molar-refractivity contribution in [3.63, 3.8) is 0 Å². The number of rotatable bonds is 10. The number of unbranched alkanes of at least 4 members (excludes halogenated alkanes) is 3. The normalized spacial score (nSPS) is 10.6. The van der Waals surface area contributed by atoms with Gasteiger partial charge in [-0.2, -0.15) is 0 Å². The molecule has 0 aliphatic carbocycles. The van der Waals surface area contributed by atoms with Gasteiger partial charge in [-0.25, -0.2) is 4.98 Å². The average Bonchev–Trinajstić information content (AvgIpc) is 2.81. The van der Waals surface area contributed by atoms with Gasteiger partial charge in [-0.05, 0) is 49.7 Å². The minimum absolute atomic E-state index is 0.253. The van der Waals surface area contributed by atoms with Crippen molar-refractivity contribution in [1.29, 1.82) is 0 Å². The highest BCUT2D eigenvalue weighted by Crippen LogP contribution is 2.23. The number of aromatic nitrogens is 2. The molecule has 33 heavy (non-hydrogen) atoms. The van der Waals surface area contributed by atoms with Gasteiger partial charge in [0.1, 0.15) is 0 Å². The van der Waals surface area contributed by atoms with Gasteiger partial charge in [-0.3, -0.25) is 19.4 Å². The van der Waals surface area contributed by atoms with E-state index in [9.17, 15) is 14.4 Å². The van der Waals surface area contributed by atoms with Crippen molar-refractivity contribution in [2.75, 3.05) is 10.6 Å². The SMILES string of the molecule is CCCCCCC(=O)C(=O)Nc1ccc(-c2nc(Nc3ccc(Cl)cc3)[nH]c(=O)c2C)cc1. The van der Waals surface area contributed by atoms with Crippen molar-refractivity contribution < 1.29 is 9.59 Å². The van der Waals surface area contributed by atoms with E-state index in [2.05, 4.69) is 27.5 Å². The zero-order valence-electron chi connectivity index (χ0n) is 18.7. The maximum Gasteiger partial charge on any atom is 0.291 e. The largest absolute Gasteiger partial charge is 0.326 e. The molecule has 0 bridgehead atoms. The topological polar surface area (TPSA) is 104 Å². The van der Waals surface area contributed by atoms with Crippen LogP contribution >= 0.6 is 11.6 Å². The van der Waals surface area contributed by atoms with E-state index in [1.54, 1.807) is 55.5 Å². The molecule has 0 aliphatic heterocycles. The Bertz CT molecular complexity index is 1170. The molecule has 0 radical (unpaired) electrons. The van der Waals surface area contributed by atoms with Crippen LogP contribution in [-0.4, -0.2) is 21.7 Å². The summed E-state index contributed by atoms with van der Waals surface area (Å²) in [5, 5.41) is 6.31. The molecule has 8 heteroatoms. The van der Waals surface area contributed by atoms with Crippen molar-refractivity contribution in [3.8, 4) is 11.3 Å². The van der Waals surface area contributed by atoms with Crippen molar-refractivity contribution in [2.45, 2.75) is 46.0 Å². The monoisotopic (exact) mass is 466 g/mol. The molecular weight excluding hydrogens is 440 g/mol. The van der Waals surface area contributed by atoms with E-state index in [-0.39, 0.29) is 12.0 Å². The lowest BCUT2D eigenvalue weighted by molar-refractivity contribution is -0.134. The Morgan fingerprint density at radius 1 is 0.970 bits per heavy atom. The quantitative estimate of drug-likeness (QED) is 0.265. The van der Waals surface area contributed by atoms with E-state index in [0.717, 1.165) is 31.4 Å². The Kier molecular flexibility index (Phi) is 8.38. The van der Waals surface area contributed by atoms with Crippen LogP contribution in [0.5, 0.6) is 0 Å². The van der Waals surface area contributed by atoms with E-state index >= 15 is 0 Å². The second kappa shape index (κ2) is 11.4. The molecule has 3 N–H and O–H groups in total. The lowest BCUT2D eigenvalue weighted by Gasteiger charge is -2.11. The summed E-state index contributed by atoms with van der Waals surface area (Å²) >= 11 is 5.92. The highest BCUT2D eigenvalue weighted by Gasteiger charge is 2.14. The summed E-state index contributed by atoms with van der Waals surface area (Å²) in [5.74, 6) is -0.728. The number of H-pyrrole nitrogens is 1. The number of hydrogen-bond acceptors (Lipinski definition) is 5. The molecule has 1 heterocycles. The Balaban J connectivity index is 1.71. The number of hydrogen-bond donors (Lipinski definition) is 3. The van der Waals surface area contributed by atoms with Crippen molar-refractivity contribution >= 4 is 40.6 Å². The molecule has 0 atom stereocenters. The number of nitrogens with one attached hydrogen (secondary N) is 3. The van der Waals surface area contributed by atoms with Crippen LogP contribution in [0.25, 0.3) is 11.3 Å². The summed E-state index contributed by atoms with van der Waals surface area (Å²) in [6, 6.07) is 13.9. The van der Waals surface area contributed by atoms with Gasteiger partial charge in [0.25, 0.3) is 11.5 Å². The van der Waals surface area contributed by atoms with Gasteiger partial charge in [0.2, 0.25) is 11.7 Å². The molecule has 1 aromatic heterocycles. The number of benzene rings is 2. The third kappa shape index (κ3) is 6.76. The number of halogens is 1. The lowest BCUT2D eigenvalue weighted by Crippen LogP contribution is -2.22. The highest BCUT2D eigenvalue weighted by atomic mass is 35.5. The smallest absolute Gasteiger partial charge is 0.291 e. The van der Waals surface area contributed by atoms with Gasteiger partial charge < -0.3 is 10.6 Å².